The normalized spacial score (nSPS) is 14.9. The first-order chi connectivity index (χ1) is 12.7. The maximum absolute atomic E-state index is 13.1. The summed E-state index contributed by atoms with van der Waals surface area (Å²) in [5.74, 6) is -0.107. The Labute approximate surface area is 158 Å². The van der Waals surface area contributed by atoms with Crippen LogP contribution in [0.5, 0.6) is 0 Å². The molecule has 5 heteroatoms. The zero-order chi connectivity index (χ0) is 17.7. The van der Waals surface area contributed by atoms with E-state index >= 15 is 0 Å². The summed E-state index contributed by atoms with van der Waals surface area (Å²) in [6, 6.07) is 17.8. The lowest BCUT2D eigenvalue weighted by Gasteiger charge is -2.16. The molecule has 0 saturated heterocycles. The Morgan fingerprint density at radius 1 is 1.04 bits per heavy atom. The van der Waals surface area contributed by atoms with Gasteiger partial charge >= 0.3 is 0 Å². The van der Waals surface area contributed by atoms with Crippen molar-refractivity contribution in [1.29, 1.82) is 0 Å². The number of H-pyrrole nitrogens is 1. The minimum atomic E-state index is -0.173. The van der Waals surface area contributed by atoms with Crippen molar-refractivity contribution < 1.29 is 4.79 Å². The molecule has 0 saturated carbocycles. The Kier molecular flexibility index (Phi) is 3.43. The maximum Gasteiger partial charge on any atom is 0.252 e. The van der Waals surface area contributed by atoms with Gasteiger partial charge in [-0.2, -0.15) is 0 Å². The first-order valence-corrected chi connectivity index (χ1v) is 9.14. The maximum atomic E-state index is 13.1. The lowest BCUT2D eigenvalue weighted by Crippen LogP contribution is -2.28. The summed E-state index contributed by atoms with van der Waals surface area (Å²) in [4.78, 5) is 20.4. The molecule has 0 aliphatic heterocycles. The fourth-order valence-electron chi connectivity index (χ4n) is 3.73. The van der Waals surface area contributed by atoms with E-state index in [1.165, 1.54) is 0 Å². The number of fused-ring (bicyclic) bond motifs is 4. The first-order valence-electron chi connectivity index (χ1n) is 8.34. The molecule has 26 heavy (non-hydrogen) atoms. The minimum absolute atomic E-state index is 0.107. The molecule has 0 spiro atoms. The van der Waals surface area contributed by atoms with Gasteiger partial charge in [0.25, 0.3) is 5.91 Å². The third-order valence-corrected chi connectivity index (χ3v) is 5.54. The number of aromatic nitrogens is 2. The van der Waals surface area contributed by atoms with Crippen LogP contribution in [0.2, 0.25) is 0 Å². The molecule has 1 aliphatic rings. The summed E-state index contributed by atoms with van der Waals surface area (Å²) in [6.45, 7) is 0. The van der Waals surface area contributed by atoms with Crippen LogP contribution in [0, 0.1) is 0 Å². The molecule has 1 amide bonds. The molecule has 0 radical (unpaired) electrons. The Morgan fingerprint density at radius 2 is 1.88 bits per heavy atom. The number of rotatable bonds is 2. The number of benzene rings is 2. The van der Waals surface area contributed by atoms with Crippen molar-refractivity contribution in [2.75, 3.05) is 0 Å². The van der Waals surface area contributed by atoms with Gasteiger partial charge in [-0.1, -0.05) is 52.3 Å². The molecule has 0 fully saturated rings. The summed E-state index contributed by atoms with van der Waals surface area (Å²) < 4.78 is 1.04. The quantitative estimate of drug-likeness (QED) is 0.503. The van der Waals surface area contributed by atoms with Crippen molar-refractivity contribution in [2.45, 2.75) is 6.04 Å². The summed E-state index contributed by atoms with van der Waals surface area (Å²) in [7, 11) is 0. The lowest BCUT2D eigenvalue weighted by molar-refractivity contribution is 0.0945. The van der Waals surface area contributed by atoms with E-state index in [1.54, 1.807) is 18.5 Å². The number of pyridine rings is 1. The Hall–Kier alpha value is -2.92. The number of nitrogens with zero attached hydrogens (tertiary/aromatic N) is 1. The van der Waals surface area contributed by atoms with Crippen molar-refractivity contribution in [3.05, 3.63) is 88.2 Å². The highest BCUT2D eigenvalue weighted by atomic mass is 79.9. The average molecular weight is 404 g/mol. The number of nitrogens with one attached hydrogen (secondary N) is 2. The molecule has 126 valence electrons. The molecule has 1 unspecified atom stereocenters. The summed E-state index contributed by atoms with van der Waals surface area (Å²) >= 11 is 3.66. The van der Waals surface area contributed by atoms with Gasteiger partial charge in [-0.25, -0.2) is 4.98 Å². The second-order valence-electron chi connectivity index (χ2n) is 6.30. The van der Waals surface area contributed by atoms with Crippen LogP contribution in [0.3, 0.4) is 0 Å². The topological polar surface area (TPSA) is 57.8 Å². The van der Waals surface area contributed by atoms with Gasteiger partial charge < -0.3 is 10.3 Å². The predicted octanol–water partition coefficient (Wildman–Crippen LogP) is 4.83. The molecule has 4 aromatic rings. The van der Waals surface area contributed by atoms with Crippen LogP contribution in [0.25, 0.3) is 22.2 Å². The largest absolute Gasteiger partial charge is 0.346 e. The summed E-state index contributed by atoms with van der Waals surface area (Å²) in [6.07, 6.45) is 3.45. The molecule has 1 aliphatic carbocycles. The molecule has 0 bridgehead atoms. The number of hydrogen-bond acceptors (Lipinski definition) is 2. The van der Waals surface area contributed by atoms with Crippen molar-refractivity contribution in [3.8, 4) is 11.1 Å². The molecule has 2 aromatic carbocycles. The number of halogens is 1. The fourth-order valence-corrected chi connectivity index (χ4v) is 4.33. The van der Waals surface area contributed by atoms with Crippen LogP contribution in [0.4, 0.5) is 0 Å². The van der Waals surface area contributed by atoms with E-state index in [0.717, 1.165) is 32.1 Å². The number of carbonyl (C=O) groups is 1. The second kappa shape index (κ2) is 5.81. The number of aromatic amines is 1. The van der Waals surface area contributed by atoms with E-state index in [2.05, 4.69) is 49.4 Å². The minimum Gasteiger partial charge on any atom is -0.346 e. The molecule has 2 N–H and O–H groups in total. The Balaban J connectivity index is 1.60. The van der Waals surface area contributed by atoms with Crippen LogP contribution >= 0.6 is 15.9 Å². The summed E-state index contributed by atoms with van der Waals surface area (Å²) in [5, 5.41) is 4.04. The second-order valence-corrected chi connectivity index (χ2v) is 7.15. The van der Waals surface area contributed by atoms with Gasteiger partial charge in [0.1, 0.15) is 5.65 Å². The average Bonchev–Trinajstić information content (AvgIpc) is 3.26. The lowest BCUT2D eigenvalue weighted by atomic mass is 10.0. The van der Waals surface area contributed by atoms with E-state index < -0.39 is 0 Å². The first kappa shape index (κ1) is 15.3. The summed E-state index contributed by atoms with van der Waals surface area (Å²) in [5.41, 5.74) is 5.86. The van der Waals surface area contributed by atoms with Crippen molar-refractivity contribution >= 4 is 32.9 Å². The molecule has 4 nitrogen and oxygen atoms in total. The van der Waals surface area contributed by atoms with E-state index in [4.69, 9.17) is 0 Å². The molecule has 5 rings (SSSR count). The van der Waals surface area contributed by atoms with Gasteiger partial charge in [0.2, 0.25) is 0 Å². The van der Waals surface area contributed by atoms with Crippen LogP contribution < -0.4 is 5.32 Å². The Bertz CT molecular complexity index is 1160. The Morgan fingerprint density at radius 3 is 2.81 bits per heavy atom. The predicted molar refractivity (Wildman–Crippen MR) is 105 cm³/mol. The van der Waals surface area contributed by atoms with Crippen LogP contribution in [0.1, 0.15) is 27.5 Å². The van der Waals surface area contributed by atoms with E-state index in [0.29, 0.717) is 11.2 Å². The van der Waals surface area contributed by atoms with Gasteiger partial charge in [-0.3, -0.25) is 4.79 Å². The highest BCUT2D eigenvalue weighted by Gasteiger charge is 2.31. The van der Waals surface area contributed by atoms with Crippen LogP contribution in [0.15, 0.2) is 71.5 Å². The highest BCUT2D eigenvalue weighted by molar-refractivity contribution is 9.10. The standard InChI is InChI=1S/C21H14BrN3O/c22-17-7-3-6-16-18(17)12-4-1-2-5-13(12)19(16)25-21(26)15-9-11-24-20-14(15)8-10-23-20/h1-11,19H,(H,23,24)(H,25,26). The number of hydrogen-bond donors (Lipinski definition) is 2. The molecular weight excluding hydrogens is 390 g/mol. The zero-order valence-corrected chi connectivity index (χ0v) is 15.2. The van der Waals surface area contributed by atoms with Gasteiger partial charge in [-0.15, -0.1) is 0 Å². The number of carbonyl (C=O) groups excluding carboxylic acids is 1. The molecule has 2 aromatic heterocycles. The van der Waals surface area contributed by atoms with E-state index in [-0.39, 0.29) is 11.9 Å². The molecule has 1 atom stereocenters. The van der Waals surface area contributed by atoms with Crippen LogP contribution in [-0.4, -0.2) is 15.9 Å². The SMILES string of the molecule is O=C(NC1c2ccccc2-c2c(Br)cccc21)c1ccnc2[nH]ccc12. The monoisotopic (exact) mass is 403 g/mol. The van der Waals surface area contributed by atoms with Gasteiger partial charge in [0.15, 0.2) is 0 Å². The molecule has 2 heterocycles. The van der Waals surface area contributed by atoms with E-state index in [9.17, 15) is 4.79 Å². The van der Waals surface area contributed by atoms with E-state index in [1.807, 2.05) is 30.3 Å². The third kappa shape index (κ3) is 2.21. The molecular formula is C21H14BrN3O. The van der Waals surface area contributed by atoms with Gasteiger partial charge in [0, 0.05) is 27.8 Å². The van der Waals surface area contributed by atoms with Crippen LogP contribution in [-0.2, 0) is 0 Å². The third-order valence-electron chi connectivity index (χ3n) is 4.88. The van der Waals surface area contributed by atoms with Crippen molar-refractivity contribution in [2.24, 2.45) is 0 Å². The fraction of sp³-hybridized carbons (Fsp3) is 0.0476. The van der Waals surface area contributed by atoms with Gasteiger partial charge in [-0.05, 0) is 34.9 Å². The van der Waals surface area contributed by atoms with Crippen molar-refractivity contribution in [3.63, 3.8) is 0 Å². The number of amides is 1. The smallest absolute Gasteiger partial charge is 0.252 e. The van der Waals surface area contributed by atoms with Crippen molar-refractivity contribution in [1.82, 2.24) is 15.3 Å². The highest BCUT2D eigenvalue weighted by Crippen LogP contribution is 2.46. The van der Waals surface area contributed by atoms with Gasteiger partial charge in [0.05, 0.1) is 11.6 Å². The zero-order valence-electron chi connectivity index (χ0n) is 13.7.